The van der Waals surface area contributed by atoms with Crippen molar-refractivity contribution in [3.8, 4) is 0 Å². The summed E-state index contributed by atoms with van der Waals surface area (Å²) in [6, 6.07) is 0. The Labute approximate surface area is 80.3 Å². The van der Waals surface area contributed by atoms with Crippen LogP contribution in [0.15, 0.2) is 0 Å². The monoisotopic (exact) mass is 272 g/mol. The highest BCUT2D eigenvalue weighted by Gasteiger charge is 2.07. The van der Waals surface area contributed by atoms with Crippen molar-refractivity contribution in [2.75, 3.05) is 4.43 Å². The Morgan fingerprint density at radius 3 is 2.82 bits per heavy atom. The van der Waals surface area contributed by atoms with Crippen molar-refractivity contribution >= 4 is 28.6 Å². The quantitative estimate of drug-likeness (QED) is 0.357. The van der Waals surface area contributed by atoms with Gasteiger partial charge in [0.05, 0.1) is 4.43 Å². The van der Waals surface area contributed by atoms with E-state index in [-0.39, 0.29) is 5.97 Å². The maximum atomic E-state index is 10.6. The first-order valence-electron chi connectivity index (χ1n) is 3.64. The molecule has 1 unspecified atom stereocenters. The first kappa shape index (κ1) is 11.2. The predicted molar refractivity (Wildman–Crippen MR) is 50.5 cm³/mol. The number of hydrogen-bond acceptors (Lipinski definition) is 3. The fourth-order valence-electron chi connectivity index (χ4n) is 0.621. The lowest BCUT2D eigenvalue weighted by Crippen LogP contribution is -2.17. The minimum Gasteiger partial charge on any atom is -0.435 e. The van der Waals surface area contributed by atoms with Gasteiger partial charge in [-0.1, -0.05) is 35.9 Å². The second kappa shape index (κ2) is 6.84. The second-order valence-electron chi connectivity index (χ2n) is 2.22. The predicted octanol–water partition coefficient (Wildman–Crippen LogP) is 1.47. The molecule has 0 aliphatic rings. The Balaban J connectivity index is 3.35. The number of esters is 1. The van der Waals surface area contributed by atoms with Gasteiger partial charge in [0.2, 0.25) is 6.29 Å². The first-order chi connectivity index (χ1) is 5.20. The number of carbonyl (C=O) groups is 1. The molecule has 1 N–H and O–H groups in total. The molecule has 0 spiro atoms. The number of halogens is 1. The average Bonchev–Trinajstić information content (AvgIpc) is 2.00. The summed E-state index contributed by atoms with van der Waals surface area (Å²) in [7, 11) is 0. The van der Waals surface area contributed by atoms with E-state index in [1.807, 2.05) is 29.5 Å². The topological polar surface area (TPSA) is 46.5 Å². The Kier molecular flexibility index (Phi) is 6.94. The highest BCUT2D eigenvalue weighted by atomic mass is 127. The van der Waals surface area contributed by atoms with Crippen molar-refractivity contribution in [3.63, 3.8) is 0 Å². The molecule has 0 aromatic carbocycles. The molecular formula is C7H13IO3. The molecule has 0 aliphatic carbocycles. The van der Waals surface area contributed by atoms with E-state index in [1.54, 1.807) is 0 Å². The van der Waals surface area contributed by atoms with Gasteiger partial charge in [-0.3, -0.25) is 4.79 Å². The van der Waals surface area contributed by atoms with Crippen molar-refractivity contribution in [2.24, 2.45) is 0 Å². The average molecular weight is 272 g/mol. The van der Waals surface area contributed by atoms with Crippen LogP contribution in [0.25, 0.3) is 0 Å². The summed E-state index contributed by atoms with van der Waals surface area (Å²) in [4.78, 5) is 10.6. The van der Waals surface area contributed by atoms with Crippen LogP contribution in [0, 0.1) is 0 Å². The maximum Gasteiger partial charge on any atom is 0.318 e. The van der Waals surface area contributed by atoms with Gasteiger partial charge in [-0.25, -0.2) is 0 Å². The summed E-state index contributed by atoms with van der Waals surface area (Å²) in [5.41, 5.74) is 0. The van der Waals surface area contributed by atoms with E-state index >= 15 is 0 Å². The zero-order chi connectivity index (χ0) is 8.69. The third kappa shape index (κ3) is 6.55. The van der Waals surface area contributed by atoms with Crippen LogP contribution in [0.4, 0.5) is 0 Å². The molecule has 0 saturated carbocycles. The Hall–Kier alpha value is 0.160. The number of hydrogen-bond donors (Lipinski definition) is 1. The van der Waals surface area contributed by atoms with Gasteiger partial charge < -0.3 is 9.84 Å². The van der Waals surface area contributed by atoms with E-state index < -0.39 is 6.29 Å². The van der Waals surface area contributed by atoms with Crippen molar-refractivity contribution < 1.29 is 14.6 Å². The van der Waals surface area contributed by atoms with E-state index in [2.05, 4.69) is 4.74 Å². The molecule has 0 aromatic heterocycles. The van der Waals surface area contributed by atoms with Crippen LogP contribution in [0.5, 0.6) is 0 Å². The standard InChI is InChI=1S/C7H13IO3/c1-2-3-4-6(9)11-7(10)5-8/h6,9H,2-5H2,1H3. The SMILES string of the molecule is CCCCC(O)OC(=O)CI. The van der Waals surface area contributed by atoms with E-state index in [9.17, 15) is 4.79 Å². The number of aliphatic hydroxyl groups excluding tert-OH is 1. The van der Waals surface area contributed by atoms with E-state index in [0.29, 0.717) is 10.8 Å². The molecule has 0 aliphatic heterocycles. The van der Waals surface area contributed by atoms with Gasteiger partial charge in [-0.2, -0.15) is 0 Å². The maximum absolute atomic E-state index is 10.6. The van der Waals surface area contributed by atoms with E-state index in [1.165, 1.54) is 0 Å². The minimum atomic E-state index is -0.905. The Morgan fingerprint density at radius 1 is 1.73 bits per heavy atom. The van der Waals surface area contributed by atoms with Crippen LogP contribution in [0.3, 0.4) is 0 Å². The molecule has 11 heavy (non-hydrogen) atoms. The Morgan fingerprint density at radius 2 is 2.36 bits per heavy atom. The zero-order valence-electron chi connectivity index (χ0n) is 6.55. The second-order valence-corrected chi connectivity index (χ2v) is 2.98. The van der Waals surface area contributed by atoms with E-state index in [4.69, 9.17) is 5.11 Å². The largest absolute Gasteiger partial charge is 0.435 e. The smallest absolute Gasteiger partial charge is 0.318 e. The Bertz CT molecular complexity index is 116. The summed E-state index contributed by atoms with van der Waals surface area (Å²) in [6.07, 6.45) is 1.52. The van der Waals surface area contributed by atoms with Crippen LogP contribution < -0.4 is 0 Å². The molecule has 66 valence electrons. The van der Waals surface area contributed by atoms with E-state index in [0.717, 1.165) is 12.8 Å². The molecule has 0 radical (unpaired) electrons. The van der Waals surface area contributed by atoms with Crippen LogP contribution in [-0.2, 0) is 9.53 Å². The summed E-state index contributed by atoms with van der Waals surface area (Å²) >= 11 is 1.90. The van der Waals surface area contributed by atoms with Crippen LogP contribution >= 0.6 is 22.6 Å². The highest BCUT2D eigenvalue weighted by Crippen LogP contribution is 2.02. The van der Waals surface area contributed by atoms with Gasteiger partial charge in [0.15, 0.2) is 0 Å². The van der Waals surface area contributed by atoms with Crippen molar-refractivity contribution in [3.05, 3.63) is 0 Å². The van der Waals surface area contributed by atoms with Crippen molar-refractivity contribution in [1.82, 2.24) is 0 Å². The highest BCUT2D eigenvalue weighted by molar-refractivity contribution is 14.1. The molecule has 0 amide bonds. The molecule has 0 fully saturated rings. The number of aliphatic hydroxyl groups is 1. The number of unbranched alkanes of at least 4 members (excludes halogenated alkanes) is 1. The van der Waals surface area contributed by atoms with Gasteiger partial charge in [-0.15, -0.1) is 0 Å². The van der Waals surface area contributed by atoms with Crippen LogP contribution in [0.1, 0.15) is 26.2 Å². The molecule has 0 heterocycles. The molecule has 0 aromatic rings. The fourth-order valence-corrected chi connectivity index (χ4v) is 0.801. The minimum absolute atomic E-state index is 0.293. The van der Waals surface area contributed by atoms with Crippen molar-refractivity contribution in [2.45, 2.75) is 32.5 Å². The van der Waals surface area contributed by atoms with Gasteiger partial charge in [0.1, 0.15) is 0 Å². The van der Waals surface area contributed by atoms with Gasteiger partial charge in [-0.05, 0) is 6.42 Å². The summed E-state index contributed by atoms with van der Waals surface area (Å²) < 4.78 is 4.90. The number of alkyl halides is 1. The van der Waals surface area contributed by atoms with Crippen molar-refractivity contribution in [1.29, 1.82) is 0 Å². The summed E-state index contributed by atoms with van der Waals surface area (Å²) in [5, 5.41) is 9.04. The normalized spacial score (nSPS) is 12.6. The van der Waals surface area contributed by atoms with Crippen LogP contribution in [0.2, 0.25) is 0 Å². The lowest BCUT2D eigenvalue weighted by molar-refractivity contribution is -0.165. The number of ether oxygens (including phenoxy) is 1. The number of carbonyl (C=O) groups excluding carboxylic acids is 1. The summed E-state index contributed by atoms with van der Waals surface area (Å²) in [5.74, 6) is -0.353. The van der Waals surface area contributed by atoms with Crippen LogP contribution in [-0.4, -0.2) is 21.8 Å². The fraction of sp³-hybridized carbons (Fsp3) is 0.857. The molecule has 0 rings (SSSR count). The van der Waals surface area contributed by atoms with Gasteiger partial charge in [0.25, 0.3) is 0 Å². The molecule has 0 bridgehead atoms. The first-order valence-corrected chi connectivity index (χ1v) is 5.16. The molecule has 1 atom stereocenters. The molecule has 0 saturated heterocycles. The molecule has 3 nitrogen and oxygen atoms in total. The lowest BCUT2D eigenvalue weighted by Gasteiger charge is -2.09. The summed E-state index contributed by atoms with van der Waals surface area (Å²) in [6.45, 7) is 2.02. The number of rotatable bonds is 5. The molecule has 4 heteroatoms. The lowest BCUT2D eigenvalue weighted by atomic mass is 10.2. The van der Waals surface area contributed by atoms with Gasteiger partial charge in [0, 0.05) is 6.42 Å². The molecular weight excluding hydrogens is 259 g/mol. The third-order valence-corrected chi connectivity index (χ3v) is 1.80. The van der Waals surface area contributed by atoms with Gasteiger partial charge >= 0.3 is 5.97 Å². The zero-order valence-corrected chi connectivity index (χ0v) is 8.70. The third-order valence-electron chi connectivity index (χ3n) is 1.18.